The van der Waals surface area contributed by atoms with Gasteiger partial charge in [0.15, 0.2) is 5.82 Å². The molecular weight excluding hydrogens is 413 g/mol. The molecule has 0 aromatic carbocycles. The van der Waals surface area contributed by atoms with Gasteiger partial charge in [-0.1, -0.05) is 6.92 Å². The smallest absolute Gasteiger partial charge is 0.250 e. The lowest BCUT2D eigenvalue weighted by Crippen LogP contribution is -2.19. The zero-order valence-electron chi connectivity index (χ0n) is 17.4. The van der Waals surface area contributed by atoms with Crippen LogP contribution in [-0.4, -0.2) is 46.8 Å². The lowest BCUT2D eigenvalue weighted by atomic mass is 10.1. The molecule has 3 N–H and O–H groups in total. The number of aryl methyl sites for hydroxylation is 1. The molecule has 0 radical (unpaired) electrons. The van der Waals surface area contributed by atoms with Crippen molar-refractivity contribution in [3.8, 4) is 17.1 Å². The van der Waals surface area contributed by atoms with Gasteiger partial charge in [-0.3, -0.25) is 0 Å². The van der Waals surface area contributed by atoms with Gasteiger partial charge < -0.3 is 11.1 Å². The number of nitrogens with zero attached hydrogens (tertiary/aromatic N) is 7. The van der Waals surface area contributed by atoms with Crippen molar-refractivity contribution in [1.29, 1.82) is 0 Å². The maximum atomic E-state index is 12.6. The number of halogens is 1. The van der Waals surface area contributed by atoms with Crippen LogP contribution < -0.4 is 11.1 Å². The van der Waals surface area contributed by atoms with E-state index < -0.39 is 0 Å². The molecule has 164 valence electrons. The minimum absolute atomic E-state index is 0.0633. The van der Waals surface area contributed by atoms with Crippen molar-refractivity contribution in [3.63, 3.8) is 0 Å². The SMILES string of the molecule is CCc1nc2c(N)ncc(-c3cnn(-c4ncccn4)c3)c2nc1NC1CCC(OF)C1. The quantitative estimate of drug-likeness (QED) is 0.469. The second-order valence-corrected chi connectivity index (χ2v) is 7.71. The van der Waals surface area contributed by atoms with Gasteiger partial charge in [0, 0.05) is 42.0 Å². The van der Waals surface area contributed by atoms with Crippen molar-refractivity contribution >= 4 is 22.7 Å². The van der Waals surface area contributed by atoms with Gasteiger partial charge in [0.2, 0.25) is 5.95 Å². The number of hydrogen-bond donors (Lipinski definition) is 2. The van der Waals surface area contributed by atoms with Gasteiger partial charge >= 0.3 is 0 Å². The van der Waals surface area contributed by atoms with Crippen molar-refractivity contribution < 1.29 is 9.47 Å². The van der Waals surface area contributed by atoms with Crippen molar-refractivity contribution in [2.24, 2.45) is 0 Å². The molecule has 0 spiro atoms. The summed E-state index contributed by atoms with van der Waals surface area (Å²) in [6.07, 6.45) is 10.8. The monoisotopic (exact) mass is 435 g/mol. The average Bonchev–Trinajstić information content (AvgIpc) is 3.49. The summed E-state index contributed by atoms with van der Waals surface area (Å²) in [5.74, 6) is 1.43. The Kier molecular flexibility index (Phi) is 5.31. The number of anilines is 2. The zero-order valence-corrected chi connectivity index (χ0v) is 17.4. The van der Waals surface area contributed by atoms with Crippen LogP contribution in [0.4, 0.5) is 16.2 Å². The number of rotatable bonds is 6. The first-order chi connectivity index (χ1) is 15.7. The van der Waals surface area contributed by atoms with Crippen molar-refractivity contribution in [1.82, 2.24) is 34.7 Å². The number of hydrogen-bond acceptors (Lipinski definition) is 9. The summed E-state index contributed by atoms with van der Waals surface area (Å²) >= 11 is 0. The number of nitrogens with one attached hydrogen (secondary N) is 1. The Bertz CT molecular complexity index is 1250. The molecule has 0 aliphatic heterocycles. The highest BCUT2D eigenvalue weighted by Gasteiger charge is 2.27. The third-order valence-electron chi connectivity index (χ3n) is 5.64. The number of pyridine rings is 1. The van der Waals surface area contributed by atoms with Gasteiger partial charge in [-0.05, 0) is 36.3 Å². The third kappa shape index (κ3) is 3.71. The maximum Gasteiger partial charge on any atom is 0.250 e. The Labute approximate surface area is 183 Å². The topological polar surface area (TPSA) is 130 Å². The molecule has 5 rings (SSSR count). The zero-order chi connectivity index (χ0) is 22.1. The number of fused-ring (bicyclic) bond motifs is 1. The highest BCUT2D eigenvalue weighted by atomic mass is 19.3. The fourth-order valence-electron chi connectivity index (χ4n) is 3.99. The van der Waals surface area contributed by atoms with Crippen molar-refractivity contribution in [2.75, 3.05) is 11.1 Å². The first-order valence-corrected chi connectivity index (χ1v) is 10.5. The summed E-state index contributed by atoms with van der Waals surface area (Å²) in [7, 11) is 0. The van der Waals surface area contributed by atoms with E-state index in [1.807, 2.05) is 13.1 Å². The van der Waals surface area contributed by atoms with Crippen LogP contribution in [0.3, 0.4) is 0 Å². The van der Waals surface area contributed by atoms with Crippen LogP contribution in [0, 0.1) is 0 Å². The minimum atomic E-state index is -0.382. The van der Waals surface area contributed by atoms with Crippen molar-refractivity contribution in [3.05, 3.63) is 42.7 Å². The molecule has 2 unspecified atom stereocenters. The summed E-state index contributed by atoms with van der Waals surface area (Å²) in [5, 5.41) is 7.79. The molecular formula is C21H22FN9O. The fraction of sp³-hybridized carbons (Fsp3) is 0.333. The molecule has 1 aliphatic rings. The number of nitrogen functional groups attached to an aromatic ring is 1. The lowest BCUT2D eigenvalue weighted by Gasteiger charge is -2.17. The van der Waals surface area contributed by atoms with E-state index in [0.717, 1.165) is 23.2 Å². The van der Waals surface area contributed by atoms with Gasteiger partial charge in [-0.2, -0.15) is 10.0 Å². The molecule has 1 aliphatic carbocycles. The van der Waals surface area contributed by atoms with E-state index in [1.54, 1.807) is 35.5 Å². The largest absolute Gasteiger partial charge is 0.382 e. The van der Waals surface area contributed by atoms with E-state index in [4.69, 9.17) is 15.7 Å². The van der Waals surface area contributed by atoms with Gasteiger partial charge in [0.25, 0.3) is 0 Å². The van der Waals surface area contributed by atoms with Crippen LogP contribution in [0.15, 0.2) is 37.1 Å². The molecule has 4 heterocycles. The summed E-state index contributed by atoms with van der Waals surface area (Å²) in [6.45, 7) is 2.00. The van der Waals surface area contributed by atoms with Crippen LogP contribution in [0.2, 0.25) is 0 Å². The highest BCUT2D eigenvalue weighted by Crippen LogP contribution is 2.32. The maximum absolute atomic E-state index is 12.6. The molecule has 4 aromatic rings. The summed E-state index contributed by atoms with van der Waals surface area (Å²) in [5.41, 5.74) is 9.59. The van der Waals surface area contributed by atoms with E-state index in [2.05, 4.69) is 30.3 Å². The van der Waals surface area contributed by atoms with E-state index in [-0.39, 0.29) is 12.1 Å². The van der Waals surface area contributed by atoms with Gasteiger partial charge in [0.1, 0.15) is 23.0 Å². The first kappa shape index (κ1) is 20.2. The molecule has 4 aromatic heterocycles. The molecule has 0 saturated heterocycles. The average molecular weight is 435 g/mol. The molecule has 1 fully saturated rings. The van der Waals surface area contributed by atoms with Crippen molar-refractivity contribution in [2.45, 2.75) is 44.8 Å². The minimum Gasteiger partial charge on any atom is -0.382 e. The molecule has 11 heteroatoms. The van der Waals surface area contributed by atoms with E-state index in [9.17, 15) is 4.53 Å². The third-order valence-corrected chi connectivity index (χ3v) is 5.64. The number of aromatic nitrogens is 7. The standard InChI is InChI=1S/C21H22FN9O/c1-2-16-20(28-13-4-5-14(8-13)32-22)30-17-15(10-26-19(23)18(17)29-16)12-9-27-31(11-12)21-24-6-3-7-25-21/h3,6-7,9-11,13-14H,2,4-5,8H2,1H3,(H2,23,26)(H,28,30). The molecule has 2 atom stereocenters. The predicted octanol–water partition coefficient (Wildman–Crippen LogP) is 3.05. The van der Waals surface area contributed by atoms with Gasteiger partial charge in [0.05, 0.1) is 11.9 Å². The highest BCUT2D eigenvalue weighted by molar-refractivity contribution is 5.96. The van der Waals surface area contributed by atoms with Crippen LogP contribution in [-0.2, 0) is 11.4 Å². The second-order valence-electron chi connectivity index (χ2n) is 7.71. The van der Waals surface area contributed by atoms with E-state index in [0.29, 0.717) is 47.9 Å². The molecule has 1 saturated carbocycles. The van der Waals surface area contributed by atoms with Gasteiger partial charge in [-0.25, -0.2) is 29.6 Å². The fourth-order valence-corrected chi connectivity index (χ4v) is 3.99. The van der Waals surface area contributed by atoms with Crippen LogP contribution in [0.25, 0.3) is 28.1 Å². The Balaban J connectivity index is 1.57. The second kappa shape index (κ2) is 8.42. The summed E-state index contributed by atoms with van der Waals surface area (Å²) < 4.78 is 14.2. The summed E-state index contributed by atoms with van der Waals surface area (Å²) in [4.78, 5) is 26.4. The molecule has 0 amide bonds. The Morgan fingerprint density at radius 2 is 2.00 bits per heavy atom. The van der Waals surface area contributed by atoms with E-state index in [1.165, 1.54) is 0 Å². The Morgan fingerprint density at radius 3 is 2.75 bits per heavy atom. The predicted molar refractivity (Wildman–Crippen MR) is 117 cm³/mol. The molecule has 32 heavy (non-hydrogen) atoms. The number of nitrogens with two attached hydrogens (primary N) is 1. The molecule has 0 bridgehead atoms. The lowest BCUT2D eigenvalue weighted by molar-refractivity contribution is -0.175. The van der Waals surface area contributed by atoms with Crippen LogP contribution in [0.5, 0.6) is 0 Å². The molecule has 10 nitrogen and oxygen atoms in total. The van der Waals surface area contributed by atoms with Crippen LogP contribution in [0.1, 0.15) is 31.9 Å². The Hall–Kier alpha value is -3.73. The normalized spacial score (nSPS) is 18.3. The summed E-state index contributed by atoms with van der Waals surface area (Å²) in [6, 6.07) is 1.81. The van der Waals surface area contributed by atoms with Gasteiger partial charge in [-0.15, -0.1) is 0 Å². The van der Waals surface area contributed by atoms with E-state index >= 15 is 0 Å². The Morgan fingerprint density at radius 1 is 1.16 bits per heavy atom. The first-order valence-electron chi connectivity index (χ1n) is 10.5. The van der Waals surface area contributed by atoms with Crippen LogP contribution >= 0.6 is 0 Å².